The number of aryl methyl sites for hydroxylation is 4. The summed E-state index contributed by atoms with van der Waals surface area (Å²) in [5.41, 5.74) is 3.38. The third kappa shape index (κ3) is 4.28. The van der Waals surface area contributed by atoms with Crippen LogP contribution in [0.25, 0.3) is 16.7 Å². The zero-order valence-corrected chi connectivity index (χ0v) is 19.9. The fraction of sp³-hybridized carbons (Fsp3) is 0.360. The molecule has 0 radical (unpaired) electrons. The Hall–Kier alpha value is -3.69. The summed E-state index contributed by atoms with van der Waals surface area (Å²) in [5, 5.41) is 12.0. The molecule has 3 aromatic heterocycles. The van der Waals surface area contributed by atoms with Gasteiger partial charge >= 0.3 is 6.18 Å². The van der Waals surface area contributed by atoms with E-state index in [1.54, 1.807) is 50.7 Å². The highest BCUT2D eigenvalue weighted by Crippen LogP contribution is 2.40. The summed E-state index contributed by atoms with van der Waals surface area (Å²) in [6.45, 7) is 5.09. The lowest BCUT2D eigenvalue weighted by Gasteiger charge is -2.16. The van der Waals surface area contributed by atoms with E-state index >= 15 is 0 Å². The first-order valence-electron chi connectivity index (χ1n) is 11.4. The van der Waals surface area contributed by atoms with E-state index in [0.29, 0.717) is 39.6 Å². The second-order valence-corrected chi connectivity index (χ2v) is 9.14. The summed E-state index contributed by atoms with van der Waals surface area (Å²) in [7, 11) is 1.76. The zero-order chi connectivity index (χ0) is 25.1. The van der Waals surface area contributed by atoms with Gasteiger partial charge in [-0.05, 0) is 63.4 Å². The first kappa shape index (κ1) is 23.1. The molecule has 0 spiro atoms. The number of alkyl halides is 3. The summed E-state index contributed by atoms with van der Waals surface area (Å²) in [4.78, 5) is 17.9. The highest BCUT2D eigenvalue weighted by molar-refractivity contribution is 6.06. The quantitative estimate of drug-likeness (QED) is 0.439. The van der Waals surface area contributed by atoms with Crippen molar-refractivity contribution in [1.82, 2.24) is 29.9 Å². The largest absolute Gasteiger partial charge is 0.416 e. The number of rotatable bonds is 5. The van der Waals surface area contributed by atoms with Crippen molar-refractivity contribution in [3.63, 3.8) is 0 Å². The van der Waals surface area contributed by atoms with E-state index in [1.165, 1.54) is 10.7 Å². The molecule has 7 nitrogen and oxygen atoms in total. The van der Waals surface area contributed by atoms with E-state index in [9.17, 15) is 18.0 Å². The van der Waals surface area contributed by atoms with Gasteiger partial charge in [-0.15, -0.1) is 0 Å². The molecule has 1 aliphatic rings. The van der Waals surface area contributed by atoms with Crippen LogP contribution in [0.5, 0.6) is 0 Å². The van der Waals surface area contributed by atoms with Crippen molar-refractivity contribution >= 4 is 16.9 Å². The minimum absolute atomic E-state index is 0.0215. The molecule has 0 bridgehead atoms. The van der Waals surface area contributed by atoms with Crippen LogP contribution in [0.4, 0.5) is 13.2 Å². The number of fused-ring (bicyclic) bond motifs is 1. The molecule has 35 heavy (non-hydrogen) atoms. The van der Waals surface area contributed by atoms with Crippen molar-refractivity contribution in [3.05, 3.63) is 69.8 Å². The number of hydrogen-bond donors (Lipinski definition) is 1. The summed E-state index contributed by atoms with van der Waals surface area (Å²) in [6.07, 6.45) is -2.57. The lowest BCUT2D eigenvalue weighted by molar-refractivity contribution is -0.138. The summed E-state index contributed by atoms with van der Waals surface area (Å²) >= 11 is 0. The van der Waals surface area contributed by atoms with Gasteiger partial charge in [-0.25, -0.2) is 9.67 Å². The van der Waals surface area contributed by atoms with E-state index in [-0.39, 0.29) is 12.1 Å². The van der Waals surface area contributed by atoms with Gasteiger partial charge < -0.3 is 5.32 Å². The number of amides is 1. The third-order valence-corrected chi connectivity index (χ3v) is 6.32. The molecule has 1 amide bonds. The maximum atomic E-state index is 13.9. The highest BCUT2D eigenvalue weighted by atomic mass is 19.4. The molecular formula is C25H25F3N6O. The van der Waals surface area contributed by atoms with E-state index in [2.05, 4.69) is 20.5 Å². The zero-order valence-electron chi connectivity index (χ0n) is 19.9. The Morgan fingerprint density at radius 2 is 1.86 bits per heavy atom. The Bertz CT molecular complexity index is 1460. The van der Waals surface area contributed by atoms with Crippen LogP contribution in [0, 0.1) is 20.8 Å². The van der Waals surface area contributed by atoms with Crippen molar-refractivity contribution in [2.24, 2.45) is 7.05 Å². The van der Waals surface area contributed by atoms with Crippen LogP contribution in [0.2, 0.25) is 0 Å². The van der Waals surface area contributed by atoms with Crippen LogP contribution in [-0.2, 0) is 19.8 Å². The summed E-state index contributed by atoms with van der Waals surface area (Å²) in [6, 6.07) is 7.59. The molecule has 3 heterocycles. The van der Waals surface area contributed by atoms with Crippen LogP contribution in [0.15, 0.2) is 30.3 Å². The van der Waals surface area contributed by atoms with Gasteiger partial charge in [0.25, 0.3) is 5.91 Å². The maximum absolute atomic E-state index is 13.9. The number of hydrogen-bond acceptors (Lipinski definition) is 4. The van der Waals surface area contributed by atoms with Gasteiger partial charge in [0, 0.05) is 30.9 Å². The lowest BCUT2D eigenvalue weighted by Crippen LogP contribution is -2.25. The van der Waals surface area contributed by atoms with Gasteiger partial charge in [0.15, 0.2) is 5.65 Å². The predicted octanol–water partition coefficient (Wildman–Crippen LogP) is 4.91. The number of carbonyl (C=O) groups is 1. The molecule has 1 aromatic carbocycles. The monoisotopic (exact) mass is 482 g/mol. The van der Waals surface area contributed by atoms with Gasteiger partial charge in [-0.1, -0.05) is 6.07 Å². The molecule has 0 unspecified atom stereocenters. The smallest absolute Gasteiger partial charge is 0.348 e. The molecule has 1 saturated carbocycles. The molecule has 0 atom stereocenters. The van der Waals surface area contributed by atoms with E-state index in [1.807, 2.05) is 0 Å². The van der Waals surface area contributed by atoms with Gasteiger partial charge in [0.05, 0.1) is 33.6 Å². The Kier molecular flexibility index (Phi) is 5.41. The highest BCUT2D eigenvalue weighted by Gasteiger charge is 2.34. The van der Waals surface area contributed by atoms with Gasteiger partial charge in [0.1, 0.15) is 0 Å². The van der Waals surface area contributed by atoms with Crippen molar-refractivity contribution < 1.29 is 18.0 Å². The number of aromatic nitrogens is 5. The standard InChI is InChI=1S/C25H25F3N6O/c1-13-9-14(2)34(31-13)18-8-7-17(20(10-18)25(26,27)28)12-29-24(35)19-11-21(16-5-6-16)30-23-22(19)15(3)32-33(23)4/h7-11,16H,5-6,12H2,1-4H3,(H,29,35). The minimum atomic E-state index is -4.59. The first-order valence-corrected chi connectivity index (χ1v) is 11.4. The number of benzene rings is 1. The lowest BCUT2D eigenvalue weighted by atomic mass is 10.0. The number of nitrogens with zero attached hydrogens (tertiary/aromatic N) is 5. The molecule has 0 aliphatic heterocycles. The second-order valence-electron chi connectivity index (χ2n) is 9.14. The molecule has 1 fully saturated rings. The molecule has 0 saturated heterocycles. The number of nitrogens with one attached hydrogen (secondary N) is 1. The minimum Gasteiger partial charge on any atom is -0.348 e. The van der Waals surface area contributed by atoms with E-state index in [0.717, 1.165) is 30.3 Å². The number of pyridine rings is 1. The van der Waals surface area contributed by atoms with Crippen molar-refractivity contribution in [2.45, 2.75) is 52.3 Å². The Morgan fingerprint density at radius 1 is 1.11 bits per heavy atom. The van der Waals surface area contributed by atoms with Crippen LogP contribution in [0.1, 0.15) is 63.0 Å². The maximum Gasteiger partial charge on any atom is 0.416 e. The predicted molar refractivity (Wildman–Crippen MR) is 124 cm³/mol. The molecule has 182 valence electrons. The van der Waals surface area contributed by atoms with Crippen LogP contribution in [0.3, 0.4) is 0 Å². The second kappa shape index (κ2) is 8.21. The van der Waals surface area contributed by atoms with Crippen LogP contribution >= 0.6 is 0 Å². The fourth-order valence-corrected chi connectivity index (χ4v) is 4.51. The third-order valence-electron chi connectivity index (χ3n) is 6.32. The van der Waals surface area contributed by atoms with E-state index in [4.69, 9.17) is 0 Å². The summed E-state index contributed by atoms with van der Waals surface area (Å²) in [5.74, 6) is -0.147. The first-order chi connectivity index (χ1) is 16.5. The average Bonchev–Trinajstić information content (AvgIpc) is 3.53. The van der Waals surface area contributed by atoms with Crippen LogP contribution < -0.4 is 5.32 Å². The Labute approximate surface area is 200 Å². The van der Waals surface area contributed by atoms with Gasteiger partial charge in [-0.2, -0.15) is 23.4 Å². The average molecular weight is 483 g/mol. The topological polar surface area (TPSA) is 77.6 Å². The molecule has 5 rings (SSSR count). The Balaban J connectivity index is 1.47. The van der Waals surface area contributed by atoms with Crippen molar-refractivity contribution in [1.29, 1.82) is 0 Å². The molecule has 1 N–H and O–H groups in total. The molecule has 4 aromatic rings. The number of halogens is 3. The van der Waals surface area contributed by atoms with Gasteiger partial charge in [0.2, 0.25) is 0 Å². The molecule has 1 aliphatic carbocycles. The summed E-state index contributed by atoms with van der Waals surface area (Å²) < 4.78 is 45.0. The Morgan fingerprint density at radius 3 is 2.49 bits per heavy atom. The van der Waals surface area contributed by atoms with Crippen LogP contribution in [-0.4, -0.2) is 30.5 Å². The van der Waals surface area contributed by atoms with E-state index < -0.39 is 17.6 Å². The fourth-order valence-electron chi connectivity index (χ4n) is 4.51. The normalized spacial score (nSPS) is 14.0. The number of carbonyl (C=O) groups excluding carboxylic acids is 1. The van der Waals surface area contributed by atoms with Gasteiger partial charge in [-0.3, -0.25) is 9.48 Å². The van der Waals surface area contributed by atoms with Crippen molar-refractivity contribution in [2.75, 3.05) is 0 Å². The molecular weight excluding hydrogens is 457 g/mol. The van der Waals surface area contributed by atoms with Crippen molar-refractivity contribution in [3.8, 4) is 5.69 Å². The SMILES string of the molecule is Cc1cc(C)n(-c2ccc(CNC(=O)c3cc(C4CC4)nc4c3c(C)nn4C)c(C(F)(F)F)c2)n1. The molecule has 10 heteroatoms.